The molecular weight excluding hydrogens is 320 g/mol. The van der Waals surface area contributed by atoms with E-state index in [1.54, 1.807) is 5.10 Å². The lowest BCUT2D eigenvalue weighted by molar-refractivity contribution is -0.144. The van der Waals surface area contributed by atoms with Gasteiger partial charge in [0, 0.05) is 0 Å². The van der Waals surface area contributed by atoms with Gasteiger partial charge < -0.3 is 4.74 Å². The first kappa shape index (κ1) is 16.7. The first-order chi connectivity index (χ1) is 10.6. The lowest BCUT2D eigenvalue weighted by Gasteiger charge is -2.24. The van der Waals surface area contributed by atoms with Crippen molar-refractivity contribution in [2.24, 2.45) is 0 Å². The van der Waals surface area contributed by atoms with Crippen molar-refractivity contribution in [2.75, 3.05) is 5.32 Å². The van der Waals surface area contributed by atoms with E-state index in [0.29, 0.717) is 0 Å². The molecule has 0 aliphatic heterocycles. The summed E-state index contributed by atoms with van der Waals surface area (Å²) in [4.78, 5) is 15.2. The monoisotopic (exact) mass is 332 g/mol. The van der Waals surface area contributed by atoms with Crippen molar-refractivity contribution in [3.8, 4) is 5.75 Å². The number of anilines is 1. The number of carbonyl (C=O) groups excluding carboxylic acids is 1. The quantitative estimate of drug-likeness (QED) is 0.844. The van der Waals surface area contributed by atoms with Crippen LogP contribution in [-0.2, 0) is 11.0 Å². The number of alkyl halides is 3. The molecule has 0 spiro atoms. The minimum absolute atomic E-state index is 0.220. The van der Waals surface area contributed by atoms with Crippen molar-refractivity contribution in [1.82, 2.24) is 15.2 Å². The van der Waals surface area contributed by atoms with E-state index < -0.39 is 35.3 Å². The van der Waals surface area contributed by atoms with Crippen molar-refractivity contribution in [1.29, 1.82) is 0 Å². The number of halogens is 4. The Bertz CT molecular complexity index is 695. The Morgan fingerprint density at radius 3 is 2.35 bits per heavy atom. The number of carbonyl (C=O) groups is 1. The van der Waals surface area contributed by atoms with Crippen LogP contribution in [0.25, 0.3) is 0 Å². The van der Waals surface area contributed by atoms with Gasteiger partial charge in [0.05, 0.1) is 0 Å². The number of H-pyrrole nitrogens is 1. The molecule has 124 valence electrons. The van der Waals surface area contributed by atoms with E-state index in [9.17, 15) is 22.4 Å². The summed E-state index contributed by atoms with van der Waals surface area (Å²) >= 11 is 0. The second kappa shape index (κ2) is 5.86. The first-order valence-corrected chi connectivity index (χ1v) is 6.33. The molecule has 0 unspecified atom stereocenters. The van der Waals surface area contributed by atoms with Gasteiger partial charge in [-0.3, -0.25) is 15.2 Å². The summed E-state index contributed by atoms with van der Waals surface area (Å²) in [6.45, 7) is 2.78. The third kappa shape index (κ3) is 4.18. The highest BCUT2D eigenvalue weighted by atomic mass is 19.4. The van der Waals surface area contributed by atoms with Crippen LogP contribution in [0.4, 0.5) is 23.5 Å². The molecule has 2 rings (SSSR count). The molecule has 0 atom stereocenters. The number of nitrogens with one attached hydrogen (secondary N) is 2. The van der Waals surface area contributed by atoms with Crippen molar-refractivity contribution in [3.05, 3.63) is 35.9 Å². The summed E-state index contributed by atoms with van der Waals surface area (Å²) < 4.78 is 55.4. The lowest BCUT2D eigenvalue weighted by Crippen LogP contribution is -2.42. The van der Waals surface area contributed by atoms with Gasteiger partial charge in [-0.2, -0.15) is 18.2 Å². The number of hydrogen-bond donors (Lipinski definition) is 2. The Morgan fingerprint density at radius 1 is 1.22 bits per heavy atom. The average Bonchev–Trinajstić information content (AvgIpc) is 2.89. The van der Waals surface area contributed by atoms with E-state index in [2.05, 4.69) is 15.4 Å². The van der Waals surface area contributed by atoms with E-state index in [1.807, 2.05) is 0 Å². The molecule has 1 heterocycles. The molecule has 1 aromatic carbocycles. The minimum atomic E-state index is -4.70. The third-order valence-electron chi connectivity index (χ3n) is 2.71. The highest BCUT2D eigenvalue weighted by Crippen LogP contribution is 2.26. The zero-order valence-corrected chi connectivity index (χ0v) is 12.0. The van der Waals surface area contributed by atoms with E-state index in [-0.39, 0.29) is 5.75 Å². The van der Waals surface area contributed by atoms with Crippen LogP contribution in [0, 0.1) is 5.82 Å². The van der Waals surface area contributed by atoms with E-state index in [4.69, 9.17) is 4.74 Å². The fourth-order valence-corrected chi connectivity index (χ4v) is 1.54. The second-order valence-corrected chi connectivity index (χ2v) is 5.03. The van der Waals surface area contributed by atoms with Gasteiger partial charge in [0.1, 0.15) is 11.6 Å². The van der Waals surface area contributed by atoms with Gasteiger partial charge in [-0.15, -0.1) is 5.10 Å². The summed E-state index contributed by atoms with van der Waals surface area (Å²) in [6.07, 6.45) is -4.70. The number of benzene rings is 1. The number of ether oxygens (including phenoxy) is 1. The number of rotatable bonds is 4. The van der Waals surface area contributed by atoms with Gasteiger partial charge in [-0.05, 0) is 38.1 Å². The molecule has 0 radical (unpaired) electrons. The van der Waals surface area contributed by atoms with Crippen molar-refractivity contribution in [3.63, 3.8) is 0 Å². The Labute approximate surface area is 127 Å². The molecule has 0 saturated heterocycles. The molecule has 1 amide bonds. The van der Waals surface area contributed by atoms with Gasteiger partial charge in [-0.25, -0.2) is 4.39 Å². The smallest absolute Gasteiger partial charge is 0.451 e. The molecule has 1 aromatic heterocycles. The molecule has 0 fully saturated rings. The van der Waals surface area contributed by atoms with Crippen LogP contribution >= 0.6 is 0 Å². The van der Waals surface area contributed by atoms with Gasteiger partial charge in [0.2, 0.25) is 11.8 Å². The predicted octanol–water partition coefficient (Wildman–Crippen LogP) is 2.76. The summed E-state index contributed by atoms with van der Waals surface area (Å²) in [5.41, 5.74) is -1.45. The summed E-state index contributed by atoms with van der Waals surface area (Å²) in [5, 5.41) is 7.05. The van der Waals surface area contributed by atoms with E-state index in [1.165, 1.54) is 26.0 Å². The van der Waals surface area contributed by atoms with E-state index in [0.717, 1.165) is 12.1 Å². The molecule has 23 heavy (non-hydrogen) atoms. The number of aromatic amines is 1. The van der Waals surface area contributed by atoms with Crippen LogP contribution in [0.3, 0.4) is 0 Å². The van der Waals surface area contributed by atoms with Crippen LogP contribution in [0.2, 0.25) is 0 Å². The molecule has 0 saturated carbocycles. The van der Waals surface area contributed by atoms with Crippen molar-refractivity contribution >= 4 is 11.9 Å². The van der Waals surface area contributed by atoms with E-state index >= 15 is 0 Å². The van der Waals surface area contributed by atoms with Crippen LogP contribution in [0.5, 0.6) is 5.75 Å². The van der Waals surface area contributed by atoms with Crippen molar-refractivity contribution in [2.45, 2.75) is 25.6 Å². The Kier molecular flexibility index (Phi) is 4.26. The first-order valence-electron chi connectivity index (χ1n) is 6.33. The fraction of sp³-hybridized carbons (Fsp3) is 0.308. The molecular formula is C13H12F4N4O2. The Morgan fingerprint density at radius 2 is 1.83 bits per heavy atom. The zero-order valence-electron chi connectivity index (χ0n) is 12.0. The molecule has 6 nitrogen and oxygen atoms in total. The maximum Gasteiger partial charge on any atom is 0.451 e. The van der Waals surface area contributed by atoms with Crippen molar-refractivity contribution < 1.29 is 27.1 Å². The topological polar surface area (TPSA) is 79.9 Å². The number of hydrogen-bond acceptors (Lipinski definition) is 4. The van der Waals surface area contributed by atoms with Crippen LogP contribution < -0.4 is 10.1 Å². The van der Waals surface area contributed by atoms with Gasteiger partial charge in [0.15, 0.2) is 5.60 Å². The third-order valence-corrected chi connectivity index (χ3v) is 2.71. The molecule has 0 bridgehead atoms. The zero-order chi connectivity index (χ0) is 17.3. The summed E-state index contributed by atoms with van der Waals surface area (Å²) in [7, 11) is 0. The predicted molar refractivity (Wildman–Crippen MR) is 71.1 cm³/mol. The van der Waals surface area contributed by atoms with Gasteiger partial charge in [0.25, 0.3) is 5.91 Å². The molecule has 2 aromatic rings. The Hall–Kier alpha value is -2.65. The van der Waals surface area contributed by atoms with Gasteiger partial charge in [-0.1, -0.05) is 0 Å². The summed E-state index contributed by atoms with van der Waals surface area (Å²) in [6, 6.07) is 4.93. The largest absolute Gasteiger partial charge is 0.478 e. The Balaban J connectivity index is 2.06. The summed E-state index contributed by atoms with van der Waals surface area (Å²) in [5.74, 6) is -2.88. The molecule has 2 N–H and O–H groups in total. The van der Waals surface area contributed by atoms with Crippen LogP contribution in [0.15, 0.2) is 24.3 Å². The average molecular weight is 332 g/mol. The van der Waals surface area contributed by atoms with Crippen LogP contribution in [0.1, 0.15) is 19.7 Å². The number of amides is 1. The van der Waals surface area contributed by atoms with Gasteiger partial charge >= 0.3 is 6.18 Å². The van der Waals surface area contributed by atoms with Crippen LogP contribution in [-0.4, -0.2) is 26.7 Å². The SMILES string of the molecule is CC(C)(Oc1ccc(F)cc1)C(=O)Nc1n[nH]c(C(F)(F)F)n1. The maximum atomic E-state index is 12.8. The molecule has 0 aliphatic rings. The lowest BCUT2D eigenvalue weighted by atomic mass is 10.1. The molecule has 10 heteroatoms. The second-order valence-electron chi connectivity index (χ2n) is 5.03. The number of nitrogens with zero attached hydrogens (tertiary/aromatic N) is 2. The maximum absolute atomic E-state index is 12.8. The number of aromatic nitrogens is 3. The highest BCUT2D eigenvalue weighted by Gasteiger charge is 2.36. The molecule has 0 aliphatic carbocycles. The minimum Gasteiger partial charge on any atom is -0.478 e. The standard InChI is InChI=1S/C13H12F4N4O2/c1-12(2,23-8-5-3-7(14)4-6-8)10(22)19-11-18-9(20-21-11)13(15,16)17/h3-6H,1-2H3,(H2,18,19,20,21,22). The highest BCUT2D eigenvalue weighted by molar-refractivity contribution is 5.95. The normalized spacial score (nSPS) is 12.1. The fourth-order valence-electron chi connectivity index (χ4n) is 1.54.